The van der Waals surface area contributed by atoms with Crippen LogP contribution in [0.15, 0.2) is 4.99 Å². The number of aliphatic hydroxyl groups is 1. The lowest BCUT2D eigenvalue weighted by atomic mass is 10.0. The molecule has 0 aliphatic heterocycles. The number of nitrogens with zero attached hydrogens (tertiary/aromatic N) is 2. The molecule has 0 rings (SSSR count). The van der Waals surface area contributed by atoms with Crippen LogP contribution < -0.4 is 10.6 Å². The van der Waals surface area contributed by atoms with Gasteiger partial charge in [0.1, 0.15) is 5.60 Å². The van der Waals surface area contributed by atoms with Crippen molar-refractivity contribution in [2.24, 2.45) is 10.9 Å². The minimum Gasteiger partial charge on any atom is -0.444 e. The highest BCUT2D eigenvalue weighted by Crippen LogP contribution is 2.11. The molecular formula is C19H41IN4O3. The standard InChI is InChI=1S/C19H40N4O3.HI/c1-7-10-16(11-14-24)15-22-17(20-8-2)21-12-13-23(9-3)18(25)26-19(4,5)6;/h16,24H,7-15H2,1-6H3,(H2,20,21,22);1H. The second-order valence-corrected chi connectivity index (χ2v) is 7.37. The predicted octanol–water partition coefficient (Wildman–Crippen LogP) is 3.22. The Bertz CT molecular complexity index is 408. The van der Waals surface area contributed by atoms with Gasteiger partial charge in [0.05, 0.1) is 0 Å². The van der Waals surface area contributed by atoms with Crippen LogP contribution in [0.3, 0.4) is 0 Å². The fourth-order valence-electron chi connectivity index (χ4n) is 2.49. The third-order valence-electron chi connectivity index (χ3n) is 3.79. The van der Waals surface area contributed by atoms with Crippen molar-refractivity contribution in [1.29, 1.82) is 0 Å². The number of aliphatic hydroxyl groups excluding tert-OH is 1. The first kappa shape index (κ1) is 28.4. The summed E-state index contributed by atoms with van der Waals surface area (Å²) in [7, 11) is 0. The summed E-state index contributed by atoms with van der Waals surface area (Å²) in [6, 6.07) is 0. The zero-order chi connectivity index (χ0) is 20.0. The van der Waals surface area contributed by atoms with Gasteiger partial charge in [-0.05, 0) is 53.4 Å². The lowest BCUT2D eigenvalue weighted by molar-refractivity contribution is 0.0264. The van der Waals surface area contributed by atoms with E-state index in [1.54, 1.807) is 4.90 Å². The summed E-state index contributed by atoms with van der Waals surface area (Å²) in [6.45, 7) is 15.1. The number of nitrogens with one attached hydrogen (secondary N) is 2. The van der Waals surface area contributed by atoms with Gasteiger partial charge < -0.3 is 25.4 Å². The lowest BCUT2D eigenvalue weighted by Crippen LogP contribution is -2.44. The molecule has 0 saturated heterocycles. The molecule has 8 heteroatoms. The SMILES string of the molecule is CCCC(CCO)CN=C(NCC)NCCN(CC)C(=O)OC(C)(C)C.I. The molecule has 0 heterocycles. The van der Waals surface area contributed by atoms with Crippen LogP contribution >= 0.6 is 24.0 Å². The van der Waals surface area contributed by atoms with E-state index in [1.165, 1.54) is 0 Å². The molecule has 1 amide bonds. The summed E-state index contributed by atoms with van der Waals surface area (Å²) in [5.74, 6) is 1.14. The minimum atomic E-state index is -0.491. The fraction of sp³-hybridized carbons (Fsp3) is 0.895. The molecule has 1 unspecified atom stereocenters. The van der Waals surface area contributed by atoms with Crippen LogP contribution in [0, 0.1) is 5.92 Å². The average Bonchev–Trinajstić information content (AvgIpc) is 2.54. The van der Waals surface area contributed by atoms with Crippen LogP contribution in [0.5, 0.6) is 0 Å². The molecule has 162 valence electrons. The third kappa shape index (κ3) is 14.9. The number of halogens is 1. The number of guanidine groups is 1. The van der Waals surface area contributed by atoms with E-state index >= 15 is 0 Å². The molecule has 27 heavy (non-hydrogen) atoms. The van der Waals surface area contributed by atoms with Gasteiger partial charge in [0, 0.05) is 39.3 Å². The van der Waals surface area contributed by atoms with E-state index in [-0.39, 0.29) is 36.7 Å². The molecule has 0 aromatic rings. The number of ether oxygens (including phenoxy) is 1. The Morgan fingerprint density at radius 1 is 1.19 bits per heavy atom. The van der Waals surface area contributed by atoms with Gasteiger partial charge in [-0.15, -0.1) is 24.0 Å². The van der Waals surface area contributed by atoms with E-state index in [2.05, 4.69) is 22.5 Å². The number of carbonyl (C=O) groups excluding carboxylic acids is 1. The van der Waals surface area contributed by atoms with Crippen molar-refractivity contribution < 1.29 is 14.6 Å². The fourth-order valence-corrected chi connectivity index (χ4v) is 2.49. The summed E-state index contributed by atoms with van der Waals surface area (Å²) >= 11 is 0. The highest BCUT2D eigenvalue weighted by atomic mass is 127. The Morgan fingerprint density at radius 3 is 2.33 bits per heavy atom. The zero-order valence-corrected chi connectivity index (χ0v) is 20.3. The Balaban J connectivity index is 0. The predicted molar refractivity (Wildman–Crippen MR) is 123 cm³/mol. The first-order valence-electron chi connectivity index (χ1n) is 9.88. The van der Waals surface area contributed by atoms with Crippen molar-refractivity contribution in [3.8, 4) is 0 Å². The maximum atomic E-state index is 12.2. The second-order valence-electron chi connectivity index (χ2n) is 7.37. The van der Waals surface area contributed by atoms with Gasteiger partial charge >= 0.3 is 6.09 Å². The number of hydrogen-bond acceptors (Lipinski definition) is 4. The van der Waals surface area contributed by atoms with Gasteiger partial charge in [-0.3, -0.25) is 4.99 Å². The summed E-state index contributed by atoms with van der Waals surface area (Å²) in [6.07, 6.45) is 2.63. The Kier molecular flexibility index (Phi) is 17.1. The van der Waals surface area contributed by atoms with E-state index in [9.17, 15) is 4.79 Å². The first-order chi connectivity index (χ1) is 12.3. The zero-order valence-electron chi connectivity index (χ0n) is 18.0. The van der Waals surface area contributed by atoms with Gasteiger partial charge in [0.25, 0.3) is 0 Å². The lowest BCUT2D eigenvalue weighted by Gasteiger charge is -2.26. The summed E-state index contributed by atoms with van der Waals surface area (Å²) in [5.41, 5.74) is -0.491. The molecule has 0 radical (unpaired) electrons. The van der Waals surface area contributed by atoms with Gasteiger partial charge in [0.15, 0.2) is 5.96 Å². The highest BCUT2D eigenvalue weighted by Gasteiger charge is 2.20. The smallest absolute Gasteiger partial charge is 0.410 e. The van der Waals surface area contributed by atoms with Gasteiger partial charge in [-0.1, -0.05) is 13.3 Å². The van der Waals surface area contributed by atoms with Crippen molar-refractivity contribution in [2.75, 3.05) is 39.3 Å². The minimum absolute atomic E-state index is 0. The summed E-state index contributed by atoms with van der Waals surface area (Å²) < 4.78 is 5.42. The monoisotopic (exact) mass is 500 g/mol. The Labute approximate surface area is 182 Å². The normalized spacial score (nSPS) is 12.8. The third-order valence-corrected chi connectivity index (χ3v) is 3.79. The quantitative estimate of drug-likeness (QED) is 0.231. The van der Waals surface area contributed by atoms with Gasteiger partial charge in [-0.25, -0.2) is 4.79 Å². The van der Waals surface area contributed by atoms with Crippen molar-refractivity contribution in [3.05, 3.63) is 0 Å². The number of amides is 1. The van der Waals surface area contributed by atoms with E-state index in [4.69, 9.17) is 9.84 Å². The maximum absolute atomic E-state index is 12.2. The van der Waals surface area contributed by atoms with Crippen LogP contribution in [0.2, 0.25) is 0 Å². The van der Waals surface area contributed by atoms with E-state index in [0.29, 0.717) is 32.1 Å². The van der Waals surface area contributed by atoms with Gasteiger partial charge in [0.2, 0.25) is 0 Å². The Hall–Kier alpha value is -0.770. The largest absolute Gasteiger partial charge is 0.444 e. The molecule has 0 saturated carbocycles. The van der Waals surface area contributed by atoms with Crippen LogP contribution in [-0.4, -0.2) is 67.0 Å². The van der Waals surface area contributed by atoms with Gasteiger partial charge in [-0.2, -0.15) is 0 Å². The van der Waals surface area contributed by atoms with E-state index in [0.717, 1.165) is 31.8 Å². The molecule has 0 aromatic carbocycles. The number of hydrogen-bond donors (Lipinski definition) is 3. The molecule has 0 aliphatic rings. The molecular weight excluding hydrogens is 459 g/mol. The molecule has 0 fully saturated rings. The number of likely N-dealkylation sites (N-methyl/N-ethyl adjacent to an activating group) is 1. The molecule has 0 bridgehead atoms. The summed E-state index contributed by atoms with van der Waals surface area (Å²) in [4.78, 5) is 18.5. The molecule has 0 spiro atoms. The van der Waals surface area contributed by atoms with E-state index in [1.807, 2.05) is 34.6 Å². The molecule has 7 nitrogen and oxygen atoms in total. The summed E-state index contributed by atoms with van der Waals surface area (Å²) in [5, 5.41) is 15.7. The van der Waals surface area contributed by atoms with Crippen LogP contribution in [-0.2, 0) is 4.74 Å². The van der Waals surface area contributed by atoms with Crippen LogP contribution in [0.1, 0.15) is 60.8 Å². The topological polar surface area (TPSA) is 86.2 Å². The number of rotatable bonds is 11. The molecule has 0 aliphatic carbocycles. The van der Waals surface area contributed by atoms with Crippen molar-refractivity contribution >= 4 is 36.0 Å². The Morgan fingerprint density at radius 2 is 1.85 bits per heavy atom. The number of aliphatic imine (C=N–C) groups is 1. The van der Waals surface area contributed by atoms with Crippen molar-refractivity contribution in [3.63, 3.8) is 0 Å². The first-order valence-corrected chi connectivity index (χ1v) is 9.88. The van der Waals surface area contributed by atoms with Crippen LogP contribution in [0.25, 0.3) is 0 Å². The molecule has 1 atom stereocenters. The number of carbonyl (C=O) groups is 1. The second kappa shape index (κ2) is 16.2. The van der Waals surface area contributed by atoms with Crippen LogP contribution in [0.4, 0.5) is 4.79 Å². The van der Waals surface area contributed by atoms with E-state index < -0.39 is 5.60 Å². The maximum Gasteiger partial charge on any atom is 0.410 e. The van der Waals surface area contributed by atoms with Crippen molar-refractivity contribution in [2.45, 2.75) is 66.4 Å². The average molecular weight is 500 g/mol. The molecule has 3 N–H and O–H groups in total. The van der Waals surface area contributed by atoms with Crippen molar-refractivity contribution in [1.82, 2.24) is 15.5 Å². The highest BCUT2D eigenvalue weighted by molar-refractivity contribution is 14.0. The molecule has 0 aromatic heterocycles.